The van der Waals surface area contributed by atoms with Crippen molar-refractivity contribution in [3.63, 3.8) is 0 Å². The molecular weight excluding hydrogens is 302 g/mol. The third-order valence-corrected chi connectivity index (χ3v) is 6.11. The molecule has 1 heterocycles. The van der Waals surface area contributed by atoms with E-state index < -0.39 is 0 Å². The number of aryl methyl sites for hydroxylation is 1. The number of rotatable bonds is 3. The fourth-order valence-corrected chi connectivity index (χ4v) is 3.07. The molecule has 3 heteroatoms. The van der Waals surface area contributed by atoms with Gasteiger partial charge in [-0.3, -0.25) is 4.79 Å². The minimum absolute atomic E-state index is 0.213. The van der Waals surface area contributed by atoms with Gasteiger partial charge in [-0.1, -0.05) is 48.8 Å². The number of hydrogen-bond donors (Lipinski definition) is 0. The first-order chi connectivity index (χ1) is 8.86. The molecule has 0 fully saturated rings. The second kappa shape index (κ2) is 5.28. The number of fused-ring (bicyclic) bond motifs is 1. The molecule has 0 saturated carbocycles. The van der Waals surface area contributed by atoms with Gasteiger partial charge in [0.1, 0.15) is 0 Å². The first-order valence-electron chi connectivity index (χ1n) is 6.90. The van der Waals surface area contributed by atoms with Gasteiger partial charge in [-0.2, -0.15) is 0 Å². The highest BCUT2D eigenvalue weighted by Gasteiger charge is 2.28. The Labute approximate surface area is 124 Å². The molecule has 0 aliphatic carbocycles. The number of carbonyl (C=O) groups is 1. The van der Waals surface area contributed by atoms with Gasteiger partial charge in [0.15, 0.2) is 0 Å². The molecule has 0 radical (unpaired) electrons. The lowest BCUT2D eigenvalue weighted by atomic mass is 9.82. The highest BCUT2D eigenvalue weighted by atomic mass is 79.9. The van der Waals surface area contributed by atoms with Crippen LogP contribution in [0.25, 0.3) is 0 Å². The van der Waals surface area contributed by atoms with E-state index in [0.717, 1.165) is 18.5 Å². The Bertz CT molecular complexity index is 496. The van der Waals surface area contributed by atoms with Crippen LogP contribution in [0.1, 0.15) is 49.6 Å². The number of carbonyl (C=O) groups excluding carboxylic acids is 1. The fraction of sp³-hybridized carbons (Fsp3) is 0.562. The van der Waals surface area contributed by atoms with Gasteiger partial charge in [0.2, 0.25) is 5.91 Å². The van der Waals surface area contributed by atoms with Crippen LogP contribution in [0, 0.1) is 5.41 Å². The average Bonchev–Trinajstić information content (AvgIpc) is 2.41. The van der Waals surface area contributed by atoms with Crippen LogP contribution in [0.3, 0.4) is 0 Å². The topological polar surface area (TPSA) is 20.3 Å². The normalized spacial score (nSPS) is 17.3. The molecular formula is C16H22BrNO. The maximum Gasteiger partial charge on any atom is 0.227 e. The Hall–Kier alpha value is -0.830. The summed E-state index contributed by atoms with van der Waals surface area (Å²) in [6.07, 6.45) is 2.61. The van der Waals surface area contributed by atoms with Gasteiger partial charge >= 0.3 is 0 Å². The summed E-state index contributed by atoms with van der Waals surface area (Å²) >= 11 is 3.84. The number of halogens is 1. The van der Waals surface area contributed by atoms with Crippen LogP contribution in [-0.2, 0) is 11.2 Å². The van der Waals surface area contributed by atoms with Crippen molar-refractivity contribution >= 4 is 27.5 Å². The quantitative estimate of drug-likeness (QED) is 0.751. The van der Waals surface area contributed by atoms with Crippen LogP contribution in [0.4, 0.5) is 5.69 Å². The standard InChI is InChI=1S/C16H22BrNO/c1-5-16(2,3)15(17)12-6-8-13-11(10-12)7-9-14(19)18(13)4/h6,8,10,15H,5,7,9H2,1-4H3. The molecule has 1 amide bonds. The Morgan fingerprint density at radius 1 is 1.37 bits per heavy atom. The summed E-state index contributed by atoms with van der Waals surface area (Å²) in [4.78, 5) is 13.8. The summed E-state index contributed by atoms with van der Waals surface area (Å²) < 4.78 is 0. The van der Waals surface area contributed by atoms with Crippen molar-refractivity contribution in [2.75, 3.05) is 11.9 Å². The fourth-order valence-electron chi connectivity index (χ4n) is 2.46. The van der Waals surface area contributed by atoms with Gasteiger partial charge < -0.3 is 4.90 Å². The van der Waals surface area contributed by atoms with E-state index in [1.165, 1.54) is 11.1 Å². The molecule has 1 aromatic rings. The van der Waals surface area contributed by atoms with E-state index in [1.807, 2.05) is 7.05 Å². The second-order valence-corrected chi connectivity index (χ2v) is 6.96. The first-order valence-corrected chi connectivity index (χ1v) is 7.82. The van der Waals surface area contributed by atoms with Crippen LogP contribution >= 0.6 is 15.9 Å². The maximum absolute atomic E-state index is 11.7. The largest absolute Gasteiger partial charge is 0.315 e. The maximum atomic E-state index is 11.7. The molecule has 19 heavy (non-hydrogen) atoms. The van der Waals surface area contributed by atoms with Crippen molar-refractivity contribution in [1.82, 2.24) is 0 Å². The lowest BCUT2D eigenvalue weighted by molar-refractivity contribution is -0.118. The van der Waals surface area contributed by atoms with Crippen molar-refractivity contribution in [2.45, 2.75) is 44.9 Å². The predicted molar refractivity (Wildman–Crippen MR) is 83.9 cm³/mol. The summed E-state index contributed by atoms with van der Waals surface area (Å²) in [6, 6.07) is 6.49. The van der Waals surface area contributed by atoms with Crippen LogP contribution in [-0.4, -0.2) is 13.0 Å². The Kier molecular flexibility index (Phi) is 4.05. The van der Waals surface area contributed by atoms with E-state index in [-0.39, 0.29) is 11.3 Å². The average molecular weight is 324 g/mol. The Morgan fingerprint density at radius 3 is 2.68 bits per heavy atom. The van der Waals surface area contributed by atoms with Gasteiger partial charge in [-0.15, -0.1) is 0 Å². The molecule has 104 valence electrons. The zero-order chi connectivity index (χ0) is 14.2. The minimum Gasteiger partial charge on any atom is -0.315 e. The molecule has 0 aromatic heterocycles. The van der Waals surface area contributed by atoms with Crippen LogP contribution in [0.2, 0.25) is 0 Å². The van der Waals surface area contributed by atoms with Crippen molar-refractivity contribution in [3.8, 4) is 0 Å². The number of benzene rings is 1. The summed E-state index contributed by atoms with van der Waals surface area (Å²) in [7, 11) is 1.86. The van der Waals surface area contributed by atoms with Gasteiger partial charge in [-0.25, -0.2) is 0 Å². The molecule has 1 atom stereocenters. The molecule has 2 nitrogen and oxygen atoms in total. The molecule has 0 N–H and O–H groups in total. The lowest BCUT2D eigenvalue weighted by Gasteiger charge is -2.31. The van der Waals surface area contributed by atoms with Gasteiger partial charge in [0, 0.05) is 24.0 Å². The van der Waals surface area contributed by atoms with Crippen LogP contribution in [0.15, 0.2) is 18.2 Å². The van der Waals surface area contributed by atoms with E-state index >= 15 is 0 Å². The third kappa shape index (κ3) is 2.71. The molecule has 0 bridgehead atoms. The minimum atomic E-state index is 0.213. The highest BCUT2D eigenvalue weighted by molar-refractivity contribution is 9.09. The van der Waals surface area contributed by atoms with Gasteiger partial charge in [0.05, 0.1) is 0 Å². The van der Waals surface area contributed by atoms with E-state index in [9.17, 15) is 4.79 Å². The first kappa shape index (κ1) is 14.6. The van der Waals surface area contributed by atoms with E-state index in [2.05, 4.69) is 54.9 Å². The van der Waals surface area contributed by atoms with Crippen molar-refractivity contribution in [2.24, 2.45) is 5.41 Å². The van der Waals surface area contributed by atoms with E-state index in [0.29, 0.717) is 11.2 Å². The van der Waals surface area contributed by atoms with Crippen molar-refractivity contribution in [3.05, 3.63) is 29.3 Å². The second-order valence-electron chi connectivity index (χ2n) is 6.05. The summed E-state index contributed by atoms with van der Waals surface area (Å²) in [5, 5.41) is 0. The Morgan fingerprint density at radius 2 is 2.05 bits per heavy atom. The molecule has 1 unspecified atom stereocenters. The summed E-state index contributed by atoms with van der Waals surface area (Å²) in [5.74, 6) is 0.213. The van der Waals surface area contributed by atoms with Crippen molar-refractivity contribution in [1.29, 1.82) is 0 Å². The molecule has 0 spiro atoms. The molecule has 2 rings (SSSR count). The number of amides is 1. The Balaban J connectivity index is 2.35. The summed E-state index contributed by atoms with van der Waals surface area (Å²) in [6.45, 7) is 6.78. The molecule has 1 aliphatic heterocycles. The molecule has 1 aromatic carbocycles. The molecule has 0 saturated heterocycles. The van der Waals surface area contributed by atoms with Crippen LogP contribution in [0.5, 0.6) is 0 Å². The smallest absolute Gasteiger partial charge is 0.227 e. The summed E-state index contributed by atoms with van der Waals surface area (Å²) in [5.41, 5.74) is 3.89. The van der Waals surface area contributed by atoms with Crippen LogP contribution < -0.4 is 4.90 Å². The molecule has 1 aliphatic rings. The number of hydrogen-bond acceptors (Lipinski definition) is 1. The monoisotopic (exact) mass is 323 g/mol. The number of alkyl halides is 1. The lowest BCUT2D eigenvalue weighted by Crippen LogP contribution is -2.31. The van der Waals surface area contributed by atoms with E-state index in [1.54, 1.807) is 4.90 Å². The van der Waals surface area contributed by atoms with Gasteiger partial charge in [-0.05, 0) is 35.4 Å². The highest BCUT2D eigenvalue weighted by Crippen LogP contribution is 2.44. The SMILES string of the molecule is CCC(C)(C)C(Br)c1ccc2c(c1)CCC(=O)N2C. The number of nitrogens with zero attached hydrogens (tertiary/aromatic N) is 1. The number of anilines is 1. The van der Waals surface area contributed by atoms with E-state index in [4.69, 9.17) is 0 Å². The zero-order valence-electron chi connectivity index (χ0n) is 12.2. The van der Waals surface area contributed by atoms with Gasteiger partial charge in [0.25, 0.3) is 0 Å². The predicted octanol–water partition coefficient (Wildman–Crippen LogP) is 4.47. The zero-order valence-corrected chi connectivity index (χ0v) is 13.8. The van der Waals surface area contributed by atoms with Crippen molar-refractivity contribution < 1.29 is 4.79 Å². The third-order valence-electron chi connectivity index (χ3n) is 4.34.